The average Bonchev–Trinajstić information content (AvgIpc) is 3.62. The van der Waals surface area contributed by atoms with Gasteiger partial charge in [-0.15, -0.1) is 0 Å². The molecule has 4 rings (SSSR count). The maximum Gasteiger partial charge on any atom is 0.259 e. The fourth-order valence-electron chi connectivity index (χ4n) is 3.68. The predicted molar refractivity (Wildman–Crippen MR) is 134 cm³/mol. The van der Waals surface area contributed by atoms with Gasteiger partial charge >= 0.3 is 0 Å². The van der Waals surface area contributed by atoms with E-state index in [0.29, 0.717) is 11.3 Å². The Balaban J connectivity index is 1.39. The summed E-state index contributed by atoms with van der Waals surface area (Å²) in [4.78, 5) is 26.7. The summed E-state index contributed by atoms with van der Waals surface area (Å²) in [7, 11) is -1.85. The summed E-state index contributed by atoms with van der Waals surface area (Å²) in [5.74, 6) is -0.912. The second kappa shape index (κ2) is 10.2. The fraction of sp³-hybridized carbons (Fsp3) is 0.231. The van der Waals surface area contributed by atoms with Gasteiger partial charge in [0.1, 0.15) is 5.82 Å². The van der Waals surface area contributed by atoms with Crippen LogP contribution in [0.5, 0.6) is 0 Å². The SMILES string of the molecule is CN(C(=O)c1ccc(NC(=O)Cc2ccc(S(=O)(=O)CC3CC3)cc2)cc1Cl)c1ccccc1F. The summed E-state index contributed by atoms with van der Waals surface area (Å²) in [6.07, 6.45) is 1.95. The van der Waals surface area contributed by atoms with E-state index in [1.807, 2.05) is 0 Å². The van der Waals surface area contributed by atoms with Gasteiger partial charge in [-0.2, -0.15) is 0 Å². The molecule has 3 aromatic rings. The molecule has 1 N–H and O–H groups in total. The minimum Gasteiger partial charge on any atom is -0.326 e. The minimum absolute atomic E-state index is 0.0390. The molecule has 1 saturated carbocycles. The highest BCUT2D eigenvalue weighted by Gasteiger charge is 2.29. The number of para-hydroxylation sites is 1. The number of nitrogens with one attached hydrogen (secondary N) is 1. The van der Waals surface area contributed by atoms with Crippen molar-refractivity contribution in [3.8, 4) is 0 Å². The normalized spacial score (nSPS) is 13.3. The molecule has 1 fully saturated rings. The van der Waals surface area contributed by atoms with Gasteiger partial charge in [0.05, 0.1) is 33.3 Å². The van der Waals surface area contributed by atoms with Gasteiger partial charge in [-0.05, 0) is 66.8 Å². The van der Waals surface area contributed by atoms with Crippen molar-refractivity contribution in [2.75, 3.05) is 23.0 Å². The molecular formula is C26H24ClFN2O4S. The van der Waals surface area contributed by atoms with Gasteiger partial charge in [0.25, 0.3) is 5.91 Å². The van der Waals surface area contributed by atoms with Gasteiger partial charge in [-0.1, -0.05) is 35.9 Å². The van der Waals surface area contributed by atoms with Crippen molar-refractivity contribution in [1.29, 1.82) is 0 Å². The number of carbonyl (C=O) groups excluding carboxylic acids is 2. The molecule has 0 aromatic heterocycles. The van der Waals surface area contributed by atoms with Crippen LogP contribution in [0.15, 0.2) is 71.6 Å². The molecule has 0 unspecified atom stereocenters. The van der Waals surface area contributed by atoms with Crippen molar-refractivity contribution in [1.82, 2.24) is 0 Å². The lowest BCUT2D eigenvalue weighted by Gasteiger charge is -2.19. The molecule has 35 heavy (non-hydrogen) atoms. The van der Waals surface area contributed by atoms with Crippen LogP contribution < -0.4 is 10.2 Å². The molecule has 9 heteroatoms. The van der Waals surface area contributed by atoms with E-state index in [4.69, 9.17) is 11.6 Å². The Kier molecular flexibility index (Phi) is 7.23. The quantitative estimate of drug-likeness (QED) is 0.452. The largest absolute Gasteiger partial charge is 0.326 e. The first-order valence-corrected chi connectivity index (χ1v) is 13.1. The Bertz CT molecular complexity index is 1370. The Hall–Kier alpha value is -3.23. The highest BCUT2D eigenvalue weighted by molar-refractivity contribution is 7.91. The van der Waals surface area contributed by atoms with E-state index < -0.39 is 21.6 Å². The number of anilines is 2. The van der Waals surface area contributed by atoms with Crippen LogP contribution in [0.3, 0.4) is 0 Å². The number of hydrogen-bond donors (Lipinski definition) is 1. The Morgan fingerprint density at radius 2 is 1.74 bits per heavy atom. The van der Waals surface area contributed by atoms with E-state index in [2.05, 4.69) is 5.32 Å². The van der Waals surface area contributed by atoms with Gasteiger partial charge in [0.2, 0.25) is 5.91 Å². The second-order valence-corrected chi connectivity index (χ2v) is 11.0. The molecule has 0 atom stereocenters. The molecule has 3 aromatic carbocycles. The average molecular weight is 515 g/mol. The van der Waals surface area contributed by atoms with Gasteiger partial charge < -0.3 is 10.2 Å². The zero-order valence-corrected chi connectivity index (χ0v) is 20.6. The summed E-state index contributed by atoms with van der Waals surface area (Å²) >= 11 is 6.29. The maximum atomic E-state index is 14.0. The molecule has 6 nitrogen and oxygen atoms in total. The van der Waals surface area contributed by atoms with Gasteiger partial charge in [0, 0.05) is 12.7 Å². The summed E-state index contributed by atoms with van der Waals surface area (Å²) < 4.78 is 38.8. The Labute approximate surface area is 208 Å². The second-order valence-electron chi connectivity index (χ2n) is 8.60. The number of hydrogen-bond acceptors (Lipinski definition) is 4. The monoisotopic (exact) mass is 514 g/mol. The number of sulfone groups is 1. The van der Waals surface area contributed by atoms with Crippen LogP contribution in [-0.2, 0) is 21.1 Å². The van der Waals surface area contributed by atoms with Crippen molar-refractivity contribution in [2.45, 2.75) is 24.2 Å². The highest BCUT2D eigenvalue weighted by atomic mass is 35.5. The first-order chi connectivity index (χ1) is 16.6. The molecule has 0 aliphatic heterocycles. The van der Waals surface area contributed by atoms with E-state index in [9.17, 15) is 22.4 Å². The number of rotatable bonds is 8. The Morgan fingerprint density at radius 3 is 2.37 bits per heavy atom. The molecule has 0 saturated heterocycles. The lowest BCUT2D eigenvalue weighted by molar-refractivity contribution is -0.115. The molecule has 0 radical (unpaired) electrons. The topological polar surface area (TPSA) is 83.6 Å². The Morgan fingerprint density at radius 1 is 1.06 bits per heavy atom. The molecular weight excluding hydrogens is 491 g/mol. The van der Waals surface area contributed by atoms with Crippen LogP contribution in [0, 0.1) is 11.7 Å². The summed E-state index contributed by atoms with van der Waals surface area (Å²) in [5, 5.41) is 2.83. The lowest BCUT2D eigenvalue weighted by Crippen LogP contribution is -2.27. The van der Waals surface area contributed by atoms with Crippen LogP contribution in [-0.4, -0.2) is 33.0 Å². The molecule has 2 amide bonds. The standard InChI is InChI=1S/C26H24ClFN2O4S/c1-30(24-5-3-2-4-23(24)28)26(32)21-13-10-19(15-22(21)27)29-25(31)14-17-8-11-20(12-9-17)35(33,34)16-18-6-7-18/h2-5,8-13,15,18H,6-7,14,16H2,1H3,(H,29,31). The zero-order chi connectivity index (χ0) is 25.2. The first kappa shape index (κ1) is 24.9. The third kappa shape index (κ3) is 6.07. The van der Waals surface area contributed by atoms with Crippen LogP contribution >= 0.6 is 11.6 Å². The van der Waals surface area contributed by atoms with Gasteiger partial charge in [0.15, 0.2) is 9.84 Å². The zero-order valence-electron chi connectivity index (χ0n) is 19.0. The van der Waals surface area contributed by atoms with E-state index in [1.165, 1.54) is 54.4 Å². The molecule has 182 valence electrons. The van der Waals surface area contributed by atoms with Crippen molar-refractivity contribution < 1.29 is 22.4 Å². The van der Waals surface area contributed by atoms with Crippen molar-refractivity contribution in [3.05, 3.63) is 88.7 Å². The van der Waals surface area contributed by atoms with Crippen LogP contribution in [0.25, 0.3) is 0 Å². The maximum absolute atomic E-state index is 14.0. The van der Waals surface area contributed by atoms with Crippen molar-refractivity contribution in [3.63, 3.8) is 0 Å². The van der Waals surface area contributed by atoms with E-state index in [-0.39, 0.29) is 45.2 Å². The smallest absolute Gasteiger partial charge is 0.259 e. The number of amides is 2. The molecule has 1 aliphatic carbocycles. The number of nitrogens with zero attached hydrogens (tertiary/aromatic N) is 1. The summed E-state index contributed by atoms with van der Waals surface area (Å²) in [6.45, 7) is 0. The molecule has 0 heterocycles. The van der Waals surface area contributed by atoms with Crippen molar-refractivity contribution in [2.24, 2.45) is 5.92 Å². The molecule has 1 aliphatic rings. The number of halogens is 2. The van der Waals surface area contributed by atoms with Gasteiger partial charge in [-0.3, -0.25) is 9.59 Å². The molecule has 0 spiro atoms. The van der Waals surface area contributed by atoms with E-state index in [1.54, 1.807) is 24.3 Å². The fourth-order valence-corrected chi connectivity index (χ4v) is 5.63. The predicted octanol–water partition coefficient (Wildman–Crippen LogP) is 5.12. The summed E-state index contributed by atoms with van der Waals surface area (Å²) in [6, 6.07) is 16.7. The lowest BCUT2D eigenvalue weighted by atomic mass is 10.1. The number of benzene rings is 3. The van der Waals surface area contributed by atoms with Crippen LogP contribution in [0.2, 0.25) is 5.02 Å². The minimum atomic E-state index is -3.30. The molecule has 0 bridgehead atoms. The third-order valence-electron chi connectivity index (χ3n) is 5.80. The number of carbonyl (C=O) groups is 2. The van der Waals surface area contributed by atoms with Crippen molar-refractivity contribution >= 4 is 44.6 Å². The third-order valence-corrected chi connectivity index (χ3v) is 8.01. The first-order valence-electron chi connectivity index (χ1n) is 11.1. The van der Waals surface area contributed by atoms with E-state index >= 15 is 0 Å². The summed E-state index contributed by atoms with van der Waals surface area (Å²) in [5.41, 5.74) is 1.35. The van der Waals surface area contributed by atoms with Crippen LogP contribution in [0.1, 0.15) is 28.8 Å². The van der Waals surface area contributed by atoms with E-state index in [0.717, 1.165) is 12.8 Å². The highest BCUT2D eigenvalue weighted by Crippen LogP contribution is 2.32. The van der Waals surface area contributed by atoms with Crippen LogP contribution in [0.4, 0.5) is 15.8 Å². The van der Waals surface area contributed by atoms with Gasteiger partial charge in [-0.25, -0.2) is 12.8 Å².